The van der Waals surface area contributed by atoms with E-state index in [1.54, 1.807) is 0 Å². The normalized spacial score (nSPS) is 23.1. The minimum absolute atomic E-state index is 0.0230. The van der Waals surface area contributed by atoms with E-state index in [-0.39, 0.29) is 12.1 Å². The number of anilines is 1. The molecule has 0 radical (unpaired) electrons. The maximum absolute atomic E-state index is 12.8. The van der Waals surface area contributed by atoms with Crippen molar-refractivity contribution in [3.8, 4) is 0 Å². The van der Waals surface area contributed by atoms with Gasteiger partial charge in [-0.3, -0.25) is 9.59 Å². The summed E-state index contributed by atoms with van der Waals surface area (Å²) < 4.78 is 43.8. The third-order valence-electron chi connectivity index (χ3n) is 4.80. The number of benzene rings is 1. The summed E-state index contributed by atoms with van der Waals surface area (Å²) in [6, 6.07) is 4.48. The first-order valence-corrected chi connectivity index (χ1v) is 8.00. The molecule has 1 aliphatic heterocycles. The van der Waals surface area contributed by atoms with E-state index in [0.717, 1.165) is 31.4 Å². The summed E-state index contributed by atoms with van der Waals surface area (Å²) in [4.78, 5) is 24.3. The van der Waals surface area contributed by atoms with E-state index in [4.69, 9.17) is 4.74 Å². The van der Waals surface area contributed by atoms with E-state index in [1.807, 2.05) is 0 Å². The van der Waals surface area contributed by atoms with Crippen molar-refractivity contribution in [2.45, 2.75) is 50.3 Å². The van der Waals surface area contributed by atoms with Crippen LogP contribution < -0.4 is 5.32 Å². The first-order chi connectivity index (χ1) is 11.3. The molecule has 2 fully saturated rings. The zero-order valence-corrected chi connectivity index (χ0v) is 13.0. The minimum Gasteiger partial charge on any atom is -0.458 e. The summed E-state index contributed by atoms with van der Waals surface area (Å²) in [6.45, 7) is 0. The molecule has 1 aromatic rings. The van der Waals surface area contributed by atoms with E-state index in [9.17, 15) is 22.8 Å². The fraction of sp³-hybridized carbons (Fsp3) is 0.529. The first-order valence-electron chi connectivity index (χ1n) is 8.00. The van der Waals surface area contributed by atoms with Gasteiger partial charge in [0, 0.05) is 5.69 Å². The number of ether oxygens (including phenoxy) is 1. The summed E-state index contributed by atoms with van der Waals surface area (Å²) >= 11 is 0. The highest BCUT2D eigenvalue weighted by atomic mass is 19.4. The lowest BCUT2D eigenvalue weighted by Gasteiger charge is -2.36. The molecule has 1 saturated heterocycles. The maximum Gasteiger partial charge on any atom is 0.416 e. The van der Waals surface area contributed by atoms with Gasteiger partial charge in [-0.2, -0.15) is 13.2 Å². The summed E-state index contributed by atoms with van der Waals surface area (Å²) in [5.41, 5.74) is -1.55. The molecule has 1 aromatic carbocycles. The highest BCUT2D eigenvalue weighted by Crippen LogP contribution is 2.44. The van der Waals surface area contributed by atoms with Gasteiger partial charge in [0.25, 0.3) is 0 Å². The van der Waals surface area contributed by atoms with Crippen LogP contribution in [0.15, 0.2) is 24.3 Å². The molecule has 2 aliphatic rings. The van der Waals surface area contributed by atoms with Crippen LogP contribution in [0.5, 0.6) is 0 Å². The van der Waals surface area contributed by atoms with Gasteiger partial charge in [-0.15, -0.1) is 0 Å². The Labute approximate surface area is 137 Å². The Morgan fingerprint density at radius 2 is 1.92 bits per heavy atom. The van der Waals surface area contributed by atoms with Gasteiger partial charge >= 0.3 is 12.1 Å². The molecule has 0 aromatic heterocycles. The second kappa shape index (κ2) is 6.11. The highest BCUT2D eigenvalue weighted by Gasteiger charge is 2.52. The molecule has 1 amide bonds. The molecule has 130 valence electrons. The Morgan fingerprint density at radius 1 is 1.21 bits per heavy atom. The van der Waals surface area contributed by atoms with Crippen molar-refractivity contribution in [2.24, 2.45) is 5.92 Å². The van der Waals surface area contributed by atoms with Crippen molar-refractivity contribution in [3.63, 3.8) is 0 Å². The Morgan fingerprint density at radius 3 is 2.58 bits per heavy atom. The van der Waals surface area contributed by atoms with Crippen LogP contribution >= 0.6 is 0 Å². The molecule has 1 saturated carbocycles. The standard InChI is InChI=1S/C17H18F3NO3/c18-17(19,20)11-5-4-6-12(9-11)21-15(23)13-10-14(22)24-16(13)7-2-1-3-8-16/h4-6,9,13H,1-3,7-8,10H2,(H,21,23)/t13-/m0/s1. The van der Waals surface area contributed by atoms with Gasteiger partial charge in [0.1, 0.15) is 5.60 Å². The van der Waals surface area contributed by atoms with Crippen LogP contribution in [0.4, 0.5) is 18.9 Å². The summed E-state index contributed by atoms with van der Waals surface area (Å²) in [5, 5.41) is 2.52. The number of hydrogen-bond acceptors (Lipinski definition) is 3. The van der Waals surface area contributed by atoms with Gasteiger partial charge in [0.2, 0.25) is 5.91 Å². The molecule has 0 bridgehead atoms. The second-order valence-electron chi connectivity index (χ2n) is 6.42. The lowest BCUT2D eigenvalue weighted by Crippen LogP contribution is -2.43. The average Bonchev–Trinajstić information content (AvgIpc) is 2.83. The number of esters is 1. The topological polar surface area (TPSA) is 55.4 Å². The van der Waals surface area contributed by atoms with Crippen molar-refractivity contribution in [3.05, 3.63) is 29.8 Å². The molecule has 0 unspecified atom stereocenters. The Hall–Kier alpha value is -2.05. The van der Waals surface area contributed by atoms with E-state index < -0.39 is 35.1 Å². The lowest BCUT2D eigenvalue weighted by molar-refractivity contribution is -0.153. The van der Waals surface area contributed by atoms with Gasteiger partial charge in [-0.05, 0) is 43.9 Å². The van der Waals surface area contributed by atoms with Gasteiger partial charge in [0.15, 0.2) is 0 Å². The monoisotopic (exact) mass is 341 g/mol. The van der Waals surface area contributed by atoms with E-state index >= 15 is 0 Å². The summed E-state index contributed by atoms with van der Waals surface area (Å²) in [6.07, 6.45) is -0.468. The van der Waals surface area contributed by atoms with E-state index in [1.165, 1.54) is 12.1 Å². The van der Waals surface area contributed by atoms with Crippen LogP contribution in [-0.4, -0.2) is 17.5 Å². The predicted octanol–water partition coefficient (Wildman–Crippen LogP) is 3.91. The van der Waals surface area contributed by atoms with Crippen molar-refractivity contribution in [1.29, 1.82) is 0 Å². The largest absolute Gasteiger partial charge is 0.458 e. The minimum atomic E-state index is -4.47. The molecule has 1 N–H and O–H groups in total. The zero-order chi connectivity index (χ0) is 17.4. The number of carbonyl (C=O) groups excluding carboxylic acids is 2. The zero-order valence-electron chi connectivity index (χ0n) is 13.0. The van der Waals surface area contributed by atoms with Gasteiger partial charge < -0.3 is 10.1 Å². The fourth-order valence-electron chi connectivity index (χ4n) is 3.63. The molecule has 1 atom stereocenters. The SMILES string of the molecule is O=C1C[C@@H](C(=O)Nc2cccc(C(F)(F)F)c2)C2(CCCCC2)O1. The van der Waals surface area contributed by atoms with Gasteiger partial charge in [-0.25, -0.2) is 0 Å². The number of rotatable bonds is 2. The van der Waals surface area contributed by atoms with Crippen LogP contribution in [0, 0.1) is 5.92 Å². The fourth-order valence-corrected chi connectivity index (χ4v) is 3.63. The summed E-state index contributed by atoms with van der Waals surface area (Å²) in [5.74, 6) is -1.52. The second-order valence-corrected chi connectivity index (χ2v) is 6.42. The lowest BCUT2D eigenvalue weighted by atomic mass is 9.75. The third-order valence-corrected chi connectivity index (χ3v) is 4.80. The van der Waals surface area contributed by atoms with Crippen LogP contribution in [0.2, 0.25) is 0 Å². The molecular weight excluding hydrogens is 323 g/mol. The molecule has 1 heterocycles. The van der Waals surface area contributed by atoms with Crippen LogP contribution in [0.3, 0.4) is 0 Å². The molecule has 1 spiro atoms. The molecular formula is C17H18F3NO3. The molecule has 7 heteroatoms. The average molecular weight is 341 g/mol. The molecule has 1 aliphatic carbocycles. The molecule has 3 rings (SSSR count). The maximum atomic E-state index is 12.8. The van der Waals surface area contributed by atoms with Crippen molar-refractivity contribution < 1.29 is 27.5 Å². The quantitative estimate of drug-likeness (QED) is 0.830. The number of alkyl halides is 3. The highest BCUT2D eigenvalue weighted by molar-refractivity contribution is 5.97. The van der Waals surface area contributed by atoms with E-state index in [2.05, 4.69) is 5.32 Å². The van der Waals surface area contributed by atoms with Gasteiger partial charge in [0.05, 0.1) is 17.9 Å². The number of carbonyl (C=O) groups is 2. The molecule has 24 heavy (non-hydrogen) atoms. The van der Waals surface area contributed by atoms with Crippen molar-refractivity contribution in [1.82, 2.24) is 0 Å². The number of nitrogens with one attached hydrogen (secondary N) is 1. The van der Waals surface area contributed by atoms with E-state index in [0.29, 0.717) is 12.8 Å². The first kappa shape index (κ1) is 16.8. The van der Waals surface area contributed by atoms with Crippen LogP contribution in [0.25, 0.3) is 0 Å². The molecule has 4 nitrogen and oxygen atoms in total. The van der Waals surface area contributed by atoms with Crippen LogP contribution in [0.1, 0.15) is 44.1 Å². The smallest absolute Gasteiger partial charge is 0.416 e. The Kier molecular flexibility index (Phi) is 4.27. The van der Waals surface area contributed by atoms with Crippen molar-refractivity contribution >= 4 is 17.6 Å². The number of hydrogen-bond donors (Lipinski definition) is 1. The number of amides is 1. The Balaban J connectivity index is 1.78. The summed E-state index contributed by atoms with van der Waals surface area (Å²) in [7, 11) is 0. The third kappa shape index (κ3) is 3.25. The van der Waals surface area contributed by atoms with Crippen LogP contribution in [-0.2, 0) is 20.5 Å². The Bertz CT molecular complexity index is 651. The van der Waals surface area contributed by atoms with Crippen molar-refractivity contribution in [2.75, 3.05) is 5.32 Å². The predicted molar refractivity (Wildman–Crippen MR) is 80.1 cm³/mol. The number of halogens is 3. The van der Waals surface area contributed by atoms with Gasteiger partial charge in [-0.1, -0.05) is 12.5 Å².